The number of halogens is 2. The van der Waals surface area contributed by atoms with Crippen molar-refractivity contribution in [1.82, 2.24) is 15.0 Å². The Kier molecular flexibility index (Phi) is 6.51. The molecule has 0 aliphatic heterocycles. The molecule has 0 atom stereocenters. The maximum atomic E-state index is 12.6. The lowest BCUT2D eigenvalue weighted by Gasteiger charge is -2.12. The van der Waals surface area contributed by atoms with E-state index >= 15 is 0 Å². The molecule has 0 saturated carbocycles. The second-order valence-corrected chi connectivity index (χ2v) is 7.33. The van der Waals surface area contributed by atoms with Gasteiger partial charge in [0.1, 0.15) is 11.6 Å². The number of benzene rings is 1. The van der Waals surface area contributed by atoms with Crippen LogP contribution in [0, 0.1) is 0 Å². The molecule has 3 aromatic rings. The van der Waals surface area contributed by atoms with E-state index in [1.165, 1.54) is 0 Å². The fourth-order valence-electron chi connectivity index (χ4n) is 2.55. The van der Waals surface area contributed by atoms with Gasteiger partial charge in [-0.3, -0.25) is 4.79 Å². The highest BCUT2D eigenvalue weighted by atomic mass is 35.5. The molecule has 9 heteroatoms. The lowest BCUT2D eigenvalue weighted by molar-refractivity contribution is 0.102. The van der Waals surface area contributed by atoms with Crippen molar-refractivity contribution in [3.8, 4) is 0 Å². The predicted molar refractivity (Wildman–Crippen MR) is 118 cm³/mol. The summed E-state index contributed by atoms with van der Waals surface area (Å²) in [7, 11) is 1.76. The average molecular weight is 431 g/mol. The third kappa shape index (κ3) is 5.13. The van der Waals surface area contributed by atoms with Crippen LogP contribution < -0.4 is 16.0 Å². The van der Waals surface area contributed by atoms with Crippen molar-refractivity contribution in [2.24, 2.45) is 0 Å². The maximum Gasteiger partial charge on any atom is 0.258 e. The van der Waals surface area contributed by atoms with Gasteiger partial charge in [-0.2, -0.15) is 4.98 Å². The highest BCUT2D eigenvalue weighted by molar-refractivity contribution is 6.40. The summed E-state index contributed by atoms with van der Waals surface area (Å²) in [6.07, 6.45) is 1.58. The Bertz CT molecular complexity index is 1020. The molecule has 0 aliphatic rings. The molecular formula is C20H20Cl2N6O. The molecule has 3 N–H and O–H groups in total. The Morgan fingerprint density at radius 2 is 1.76 bits per heavy atom. The Morgan fingerprint density at radius 3 is 2.41 bits per heavy atom. The van der Waals surface area contributed by atoms with E-state index in [0.717, 1.165) is 5.69 Å². The third-order valence-electron chi connectivity index (χ3n) is 4.02. The van der Waals surface area contributed by atoms with Gasteiger partial charge < -0.3 is 16.0 Å². The number of pyridine rings is 1. The summed E-state index contributed by atoms with van der Waals surface area (Å²) in [5.41, 5.74) is 1.65. The third-order valence-corrected chi connectivity index (χ3v) is 4.65. The normalized spacial score (nSPS) is 10.7. The molecule has 2 heterocycles. The predicted octanol–water partition coefficient (Wildman–Crippen LogP) is 5.34. The van der Waals surface area contributed by atoms with Crippen LogP contribution in [0.15, 0.2) is 42.6 Å². The van der Waals surface area contributed by atoms with Crippen LogP contribution in [0.3, 0.4) is 0 Å². The summed E-state index contributed by atoms with van der Waals surface area (Å²) in [4.78, 5) is 25.7. The Balaban J connectivity index is 1.82. The van der Waals surface area contributed by atoms with Gasteiger partial charge in [0.25, 0.3) is 5.91 Å². The molecule has 2 aromatic heterocycles. The molecule has 0 radical (unpaired) electrons. The zero-order valence-electron chi connectivity index (χ0n) is 16.1. The molecule has 1 amide bonds. The minimum absolute atomic E-state index is 0.221. The Morgan fingerprint density at radius 1 is 1.03 bits per heavy atom. The van der Waals surface area contributed by atoms with Crippen molar-refractivity contribution >= 4 is 52.4 Å². The van der Waals surface area contributed by atoms with Gasteiger partial charge in [-0.05, 0) is 24.1 Å². The van der Waals surface area contributed by atoms with E-state index in [4.69, 9.17) is 23.2 Å². The molecule has 29 heavy (non-hydrogen) atoms. The van der Waals surface area contributed by atoms with Gasteiger partial charge in [-0.15, -0.1) is 0 Å². The van der Waals surface area contributed by atoms with Gasteiger partial charge >= 0.3 is 0 Å². The molecule has 0 saturated heterocycles. The molecular weight excluding hydrogens is 411 g/mol. The van der Waals surface area contributed by atoms with E-state index in [1.807, 2.05) is 6.07 Å². The van der Waals surface area contributed by atoms with Gasteiger partial charge in [-0.25, -0.2) is 9.97 Å². The van der Waals surface area contributed by atoms with E-state index in [9.17, 15) is 4.79 Å². The van der Waals surface area contributed by atoms with Crippen molar-refractivity contribution in [1.29, 1.82) is 0 Å². The summed E-state index contributed by atoms with van der Waals surface area (Å²) < 4.78 is 0. The molecule has 0 unspecified atom stereocenters. The smallest absolute Gasteiger partial charge is 0.258 e. The van der Waals surface area contributed by atoms with E-state index < -0.39 is 5.91 Å². The van der Waals surface area contributed by atoms with Gasteiger partial charge in [-0.1, -0.05) is 43.1 Å². The summed E-state index contributed by atoms with van der Waals surface area (Å²) >= 11 is 12.2. The number of hydrogen-bond acceptors (Lipinski definition) is 6. The van der Waals surface area contributed by atoms with Crippen LogP contribution in [-0.2, 0) is 0 Å². The zero-order valence-corrected chi connectivity index (χ0v) is 17.6. The standard InChI is InChI=1S/C20H20Cl2N6O/c1-11(2)15-10-17(28-20(23-3)26-15)27-16-9-12(7-8-24-16)25-19(29)18-13(21)5-4-6-14(18)22/h4-11H,1-3H3,(H3,23,24,25,26,27,28,29). The average Bonchev–Trinajstić information content (AvgIpc) is 2.67. The first-order chi connectivity index (χ1) is 13.9. The number of hydrogen-bond donors (Lipinski definition) is 3. The summed E-state index contributed by atoms with van der Waals surface area (Å²) in [5, 5.41) is 9.44. The monoisotopic (exact) mass is 430 g/mol. The topological polar surface area (TPSA) is 91.8 Å². The van der Waals surface area contributed by atoms with Gasteiger partial charge in [0.15, 0.2) is 0 Å². The largest absolute Gasteiger partial charge is 0.357 e. The minimum atomic E-state index is -0.403. The van der Waals surface area contributed by atoms with Crippen molar-refractivity contribution in [2.75, 3.05) is 23.0 Å². The molecule has 0 fully saturated rings. The van der Waals surface area contributed by atoms with Crippen LogP contribution >= 0.6 is 23.2 Å². The second kappa shape index (κ2) is 9.07. The molecule has 0 bridgehead atoms. The van der Waals surface area contributed by atoms with E-state index in [1.54, 1.807) is 43.6 Å². The number of aromatic nitrogens is 3. The van der Waals surface area contributed by atoms with Gasteiger partial charge in [0.2, 0.25) is 5.95 Å². The number of rotatable bonds is 6. The first kappa shape index (κ1) is 20.8. The molecule has 7 nitrogen and oxygen atoms in total. The zero-order chi connectivity index (χ0) is 21.0. The fraction of sp³-hybridized carbons (Fsp3) is 0.200. The number of carbonyl (C=O) groups is 1. The maximum absolute atomic E-state index is 12.6. The van der Waals surface area contributed by atoms with Crippen LogP contribution in [0.25, 0.3) is 0 Å². The lowest BCUT2D eigenvalue weighted by Crippen LogP contribution is -2.13. The first-order valence-corrected chi connectivity index (χ1v) is 9.68. The number of nitrogens with zero attached hydrogens (tertiary/aromatic N) is 3. The van der Waals surface area contributed by atoms with Crippen molar-refractivity contribution in [2.45, 2.75) is 19.8 Å². The Hall–Kier alpha value is -2.90. The number of carbonyl (C=O) groups excluding carboxylic acids is 1. The number of amides is 1. The van der Waals surface area contributed by atoms with Gasteiger partial charge in [0, 0.05) is 31.1 Å². The Labute approximate surface area is 178 Å². The lowest BCUT2D eigenvalue weighted by atomic mass is 10.1. The summed E-state index contributed by atoms with van der Waals surface area (Å²) in [6, 6.07) is 10.1. The summed E-state index contributed by atoms with van der Waals surface area (Å²) in [5.74, 6) is 1.46. The van der Waals surface area contributed by atoms with Crippen LogP contribution in [0.2, 0.25) is 10.0 Å². The minimum Gasteiger partial charge on any atom is -0.357 e. The first-order valence-electron chi connectivity index (χ1n) is 8.92. The van der Waals surface area contributed by atoms with Crippen LogP contribution in [0.4, 0.5) is 23.3 Å². The fourth-order valence-corrected chi connectivity index (χ4v) is 3.12. The van der Waals surface area contributed by atoms with Crippen LogP contribution in [0.1, 0.15) is 35.8 Å². The summed E-state index contributed by atoms with van der Waals surface area (Å²) in [6.45, 7) is 4.11. The molecule has 0 spiro atoms. The molecule has 1 aromatic carbocycles. The molecule has 0 aliphatic carbocycles. The van der Waals surface area contributed by atoms with Crippen molar-refractivity contribution in [3.63, 3.8) is 0 Å². The highest BCUT2D eigenvalue weighted by Gasteiger charge is 2.15. The highest BCUT2D eigenvalue weighted by Crippen LogP contribution is 2.26. The number of nitrogens with one attached hydrogen (secondary N) is 3. The van der Waals surface area contributed by atoms with Crippen molar-refractivity contribution < 1.29 is 4.79 Å². The quantitative estimate of drug-likeness (QED) is 0.488. The van der Waals surface area contributed by atoms with E-state index in [2.05, 4.69) is 44.7 Å². The second-order valence-electron chi connectivity index (χ2n) is 6.51. The van der Waals surface area contributed by atoms with Gasteiger partial charge in [0.05, 0.1) is 21.3 Å². The van der Waals surface area contributed by atoms with Crippen molar-refractivity contribution in [3.05, 3.63) is 63.9 Å². The molecule has 3 rings (SSSR count). The van der Waals surface area contributed by atoms with Crippen LogP contribution in [0.5, 0.6) is 0 Å². The van der Waals surface area contributed by atoms with E-state index in [0.29, 0.717) is 23.3 Å². The number of anilines is 4. The van der Waals surface area contributed by atoms with E-state index in [-0.39, 0.29) is 21.5 Å². The SMILES string of the molecule is CNc1nc(Nc2cc(NC(=O)c3c(Cl)cccc3Cl)ccn2)cc(C(C)C)n1. The molecule has 150 valence electrons. The van der Waals surface area contributed by atoms with Crippen LogP contribution in [-0.4, -0.2) is 27.9 Å².